The maximum atomic E-state index is 13.3. The molecule has 0 atom stereocenters. The largest absolute Gasteiger partial charge is 0.280 e. The van der Waals surface area contributed by atoms with Crippen LogP contribution in [0.3, 0.4) is 0 Å². The van der Waals surface area contributed by atoms with Crippen LogP contribution in [0.2, 0.25) is 0 Å². The topological polar surface area (TPSA) is 50.5 Å². The molecule has 0 saturated heterocycles. The van der Waals surface area contributed by atoms with Gasteiger partial charge in [0.2, 0.25) is 0 Å². The van der Waals surface area contributed by atoms with Crippen LogP contribution < -0.4 is 5.01 Å². The maximum absolute atomic E-state index is 13.3. The molecular weight excluding hydrogens is 452 g/mol. The van der Waals surface area contributed by atoms with Gasteiger partial charge in [-0.15, -0.1) is 11.8 Å². The van der Waals surface area contributed by atoms with Crippen molar-refractivity contribution in [2.24, 2.45) is 5.10 Å². The Bertz CT molecular complexity index is 1390. The Morgan fingerprint density at radius 3 is 2.20 bits per heavy atom. The number of nitrogens with zero attached hydrogens (tertiary/aromatic N) is 4. The summed E-state index contributed by atoms with van der Waals surface area (Å²) >= 11 is 1.85. The lowest BCUT2D eigenvalue weighted by molar-refractivity contribution is -0.114. The second-order valence-corrected chi connectivity index (χ2v) is 9.45. The molecule has 0 saturated carbocycles. The smallest absolute Gasteiger partial charge is 0.267 e. The number of thioether (sulfide) groups is 1. The Kier molecular flexibility index (Phi) is 6.64. The molecule has 174 valence electrons. The Labute approximate surface area is 209 Å². The van der Waals surface area contributed by atoms with Crippen LogP contribution in [0.5, 0.6) is 0 Å². The third-order valence-electron chi connectivity index (χ3n) is 5.73. The van der Waals surface area contributed by atoms with E-state index in [-0.39, 0.29) is 5.91 Å². The summed E-state index contributed by atoms with van der Waals surface area (Å²) in [6.45, 7) is 4.06. The Balaban J connectivity index is 1.55. The molecule has 0 aliphatic carbocycles. The molecule has 0 spiro atoms. The average Bonchev–Trinajstić information content (AvgIpc) is 3.45. The van der Waals surface area contributed by atoms with Gasteiger partial charge in [-0.1, -0.05) is 55.5 Å². The van der Waals surface area contributed by atoms with Crippen LogP contribution in [0.15, 0.2) is 107 Å². The van der Waals surface area contributed by atoms with Crippen LogP contribution in [0.4, 0.5) is 5.69 Å². The minimum Gasteiger partial charge on any atom is -0.267 e. The molecule has 0 fully saturated rings. The van der Waals surface area contributed by atoms with Gasteiger partial charge in [-0.3, -0.25) is 4.79 Å². The summed E-state index contributed by atoms with van der Waals surface area (Å²) in [5.41, 5.74) is 5.67. The highest BCUT2D eigenvalue weighted by Crippen LogP contribution is 2.30. The van der Waals surface area contributed by atoms with Gasteiger partial charge in [0.15, 0.2) is 0 Å². The van der Waals surface area contributed by atoms with Crippen LogP contribution in [0.1, 0.15) is 25.8 Å². The number of carbonyl (C=O) groups excluding carboxylic acids is 1. The second kappa shape index (κ2) is 10.2. The van der Waals surface area contributed by atoms with Gasteiger partial charge in [0.25, 0.3) is 5.91 Å². The molecule has 3 aromatic carbocycles. The zero-order chi connectivity index (χ0) is 24.2. The second-order valence-electron chi connectivity index (χ2n) is 8.28. The number of amides is 1. The molecule has 4 aromatic rings. The van der Waals surface area contributed by atoms with E-state index in [1.807, 2.05) is 96.3 Å². The van der Waals surface area contributed by atoms with Gasteiger partial charge in [0.05, 0.1) is 28.4 Å². The molecule has 6 heteroatoms. The fraction of sp³-hybridized carbons (Fsp3) is 0.138. The van der Waals surface area contributed by atoms with Crippen molar-refractivity contribution in [3.8, 4) is 16.9 Å². The molecule has 1 amide bonds. The van der Waals surface area contributed by atoms with Gasteiger partial charge < -0.3 is 0 Å². The highest BCUT2D eigenvalue weighted by atomic mass is 32.2. The highest BCUT2D eigenvalue weighted by Gasteiger charge is 2.29. The number of hydrogen-bond acceptors (Lipinski definition) is 4. The summed E-state index contributed by atoms with van der Waals surface area (Å²) in [5.74, 6) is 0.955. The lowest BCUT2D eigenvalue weighted by Gasteiger charge is -2.11. The molecule has 35 heavy (non-hydrogen) atoms. The van der Waals surface area contributed by atoms with Gasteiger partial charge >= 0.3 is 0 Å². The SMILES string of the molecule is CCCSc1ccc(-c2nn(-c3ccccc3)cc2/C=C2\C(=O)N(c3ccccc3)N=C2C)cc1. The van der Waals surface area contributed by atoms with Crippen molar-refractivity contribution in [2.75, 3.05) is 10.8 Å². The summed E-state index contributed by atoms with van der Waals surface area (Å²) in [6.07, 6.45) is 5.02. The number of hydrogen-bond donors (Lipinski definition) is 0. The van der Waals surface area contributed by atoms with E-state index in [2.05, 4.69) is 36.3 Å². The van der Waals surface area contributed by atoms with Crippen molar-refractivity contribution < 1.29 is 4.79 Å². The summed E-state index contributed by atoms with van der Waals surface area (Å²) in [6, 6.07) is 28.0. The lowest BCUT2D eigenvalue weighted by atomic mass is 10.0. The fourth-order valence-electron chi connectivity index (χ4n) is 3.94. The van der Waals surface area contributed by atoms with E-state index in [4.69, 9.17) is 5.10 Å². The van der Waals surface area contributed by atoms with Gasteiger partial charge in [0.1, 0.15) is 0 Å². The Morgan fingerprint density at radius 1 is 0.886 bits per heavy atom. The quantitative estimate of drug-likeness (QED) is 0.216. The van der Waals surface area contributed by atoms with Crippen molar-refractivity contribution in [1.29, 1.82) is 0 Å². The molecule has 1 aromatic heterocycles. The van der Waals surface area contributed by atoms with Gasteiger partial charge in [-0.25, -0.2) is 4.68 Å². The first kappa shape index (κ1) is 22.9. The van der Waals surface area contributed by atoms with Crippen LogP contribution in [-0.4, -0.2) is 27.2 Å². The molecule has 2 heterocycles. The van der Waals surface area contributed by atoms with Crippen LogP contribution in [0, 0.1) is 0 Å². The van der Waals surface area contributed by atoms with E-state index >= 15 is 0 Å². The zero-order valence-electron chi connectivity index (χ0n) is 19.8. The predicted octanol–water partition coefficient (Wildman–Crippen LogP) is 6.85. The van der Waals surface area contributed by atoms with E-state index in [0.717, 1.165) is 40.4 Å². The average molecular weight is 479 g/mol. The van der Waals surface area contributed by atoms with E-state index < -0.39 is 0 Å². The van der Waals surface area contributed by atoms with Crippen LogP contribution in [0.25, 0.3) is 23.0 Å². The van der Waals surface area contributed by atoms with E-state index in [1.165, 1.54) is 9.90 Å². The molecule has 1 aliphatic rings. The summed E-state index contributed by atoms with van der Waals surface area (Å²) in [7, 11) is 0. The normalized spacial score (nSPS) is 14.6. The Morgan fingerprint density at radius 2 is 1.54 bits per heavy atom. The maximum Gasteiger partial charge on any atom is 0.280 e. The van der Waals surface area contributed by atoms with Crippen molar-refractivity contribution in [2.45, 2.75) is 25.2 Å². The van der Waals surface area contributed by atoms with Crippen molar-refractivity contribution in [1.82, 2.24) is 9.78 Å². The van der Waals surface area contributed by atoms with Crippen molar-refractivity contribution in [3.63, 3.8) is 0 Å². The van der Waals surface area contributed by atoms with Gasteiger partial charge in [-0.2, -0.15) is 15.2 Å². The number of rotatable bonds is 7. The van der Waals surface area contributed by atoms with E-state index in [1.54, 1.807) is 0 Å². The minimum absolute atomic E-state index is 0.140. The third-order valence-corrected chi connectivity index (χ3v) is 6.94. The molecular formula is C29H26N4OS. The minimum atomic E-state index is -0.140. The zero-order valence-corrected chi connectivity index (χ0v) is 20.6. The molecule has 0 bridgehead atoms. The molecule has 0 radical (unpaired) electrons. The first-order valence-electron chi connectivity index (χ1n) is 11.7. The molecule has 5 rings (SSSR count). The van der Waals surface area contributed by atoms with E-state index in [0.29, 0.717) is 11.3 Å². The number of para-hydroxylation sites is 2. The number of carbonyl (C=O) groups is 1. The van der Waals surface area contributed by atoms with Crippen molar-refractivity contribution >= 4 is 35.1 Å². The van der Waals surface area contributed by atoms with Crippen molar-refractivity contribution in [3.05, 3.63) is 102 Å². The van der Waals surface area contributed by atoms with Gasteiger partial charge in [-0.05, 0) is 61.6 Å². The first-order chi connectivity index (χ1) is 17.1. The summed E-state index contributed by atoms with van der Waals surface area (Å²) in [4.78, 5) is 14.5. The highest BCUT2D eigenvalue weighted by molar-refractivity contribution is 7.99. The van der Waals surface area contributed by atoms with Gasteiger partial charge in [0, 0.05) is 22.2 Å². The lowest BCUT2D eigenvalue weighted by Crippen LogP contribution is -2.21. The molecule has 1 aliphatic heterocycles. The predicted molar refractivity (Wildman–Crippen MR) is 145 cm³/mol. The summed E-state index contributed by atoms with van der Waals surface area (Å²) in [5, 5.41) is 10.9. The molecule has 0 N–H and O–H groups in total. The molecule has 5 nitrogen and oxygen atoms in total. The summed E-state index contributed by atoms with van der Waals surface area (Å²) < 4.78 is 1.86. The number of hydrazone groups is 1. The Hall–Kier alpha value is -3.90. The van der Waals surface area contributed by atoms with Crippen LogP contribution >= 0.6 is 11.8 Å². The molecule has 0 unspecified atom stereocenters. The standard InChI is InChI=1S/C29H26N4OS/c1-3-18-35-26-16-14-22(15-17-26)28-23(20-32(31-28)24-10-6-4-7-11-24)19-27-21(2)30-33(29(27)34)25-12-8-5-9-13-25/h4-17,19-20H,3,18H2,1-2H3/b27-19-. The van der Waals surface area contributed by atoms with E-state index in [9.17, 15) is 4.79 Å². The number of benzene rings is 3. The number of aromatic nitrogens is 2. The fourth-order valence-corrected chi connectivity index (χ4v) is 4.71. The first-order valence-corrected chi connectivity index (χ1v) is 12.7. The third kappa shape index (κ3) is 4.84. The van der Waals surface area contributed by atoms with Crippen LogP contribution in [-0.2, 0) is 4.79 Å². The monoisotopic (exact) mass is 478 g/mol. The number of anilines is 1.